The Hall–Kier alpha value is -3.00. The second-order valence-electron chi connectivity index (χ2n) is 6.09. The van der Waals surface area contributed by atoms with E-state index in [1.54, 1.807) is 38.1 Å². The summed E-state index contributed by atoms with van der Waals surface area (Å²) in [6.07, 6.45) is 0. The van der Waals surface area contributed by atoms with Crippen LogP contribution < -0.4 is 10.1 Å². The fourth-order valence-corrected chi connectivity index (χ4v) is 3.03. The molecule has 1 heterocycles. The van der Waals surface area contributed by atoms with Crippen molar-refractivity contribution < 1.29 is 33.3 Å². The molecule has 1 aromatic carbocycles. The molecule has 1 aliphatic rings. The van der Waals surface area contributed by atoms with E-state index in [4.69, 9.17) is 30.5 Å². The Kier molecular flexibility index (Phi) is 7.67. The topological polar surface area (TPSA) is 100 Å². The number of hydrogen-bond acceptors (Lipinski definition) is 8. The molecule has 156 valence electrons. The van der Waals surface area contributed by atoms with Gasteiger partial charge in [0, 0.05) is 16.4 Å². The fraction of sp³-hybridized carbons (Fsp3) is 0.350. The monoisotopic (exact) mass is 423 g/mol. The number of benzene rings is 1. The molecular weight excluding hydrogens is 402 g/mol. The van der Waals surface area contributed by atoms with Crippen molar-refractivity contribution in [2.45, 2.75) is 13.8 Å². The number of rotatable bonds is 7. The highest BCUT2D eigenvalue weighted by molar-refractivity contribution is 6.30. The van der Waals surface area contributed by atoms with Crippen LogP contribution in [0.25, 0.3) is 0 Å². The van der Waals surface area contributed by atoms with Gasteiger partial charge in [-0.15, -0.1) is 0 Å². The zero-order valence-corrected chi connectivity index (χ0v) is 17.3. The summed E-state index contributed by atoms with van der Waals surface area (Å²) in [5, 5.41) is 3.48. The lowest BCUT2D eigenvalue weighted by molar-refractivity contribution is -0.151. The third kappa shape index (κ3) is 5.29. The maximum Gasteiger partial charge on any atom is 0.336 e. The predicted molar refractivity (Wildman–Crippen MR) is 104 cm³/mol. The number of hydrogen-bond donors (Lipinski definition) is 1. The average Bonchev–Trinajstić information content (AvgIpc) is 2.70. The van der Waals surface area contributed by atoms with Crippen molar-refractivity contribution in [2.75, 3.05) is 27.4 Å². The van der Waals surface area contributed by atoms with Crippen molar-refractivity contribution >= 4 is 29.5 Å². The summed E-state index contributed by atoms with van der Waals surface area (Å²) in [5.74, 6) is -2.99. The Morgan fingerprint density at radius 2 is 1.45 bits per heavy atom. The smallest absolute Gasteiger partial charge is 0.336 e. The van der Waals surface area contributed by atoms with Gasteiger partial charge in [-0.1, -0.05) is 11.6 Å². The van der Waals surface area contributed by atoms with Crippen molar-refractivity contribution in [1.82, 2.24) is 5.32 Å². The minimum atomic E-state index is -1.27. The molecule has 0 radical (unpaired) electrons. The van der Waals surface area contributed by atoms with Gasteiger partial charge in [0.05, 0.1) is 25.4 Å². The maximum atomic E-state index is 12.8. The van der Waals surface area contributed by atoms with E-state index in [0.29, 0.717) is 22.2 Å². The summed E-state index contributed by atoms with van der Waals surface area (Å²) in [6.45, 7) is 3.19. The molecule has 0 bridgehead atoms. The molecular formula is C20H22ClNO7. The van der Waals surface area contributed by atoms with Gasteiger partial charge in [0.1, 0.15) is 24.9 Å². The molecule has 8 nitrogen and oxygen atoms in total. The minimum Gasteiger partial charge on any atom is -0.490 e. The van der Waals surface area contributed by atoms with Gasteiger partial charge in [-0.3, -0.25) is 4.79 Å². The number of dihydropyridines is 1. The van der Waals surface area contributed by atoms with E-state index in [9.17, 15) is 14.4 Å². The van der Waals surface area contributed by atoms with Crippen molar-refractivity contribution in [2.24, 2.45) is 5.92 Å². The number of carbonyl (C=O) groups is 3. The van der Waals surface area contributed by atoms with Gasteiger partial charge in [-0.05, 0) is 38.1 Å². The number of halogens is 1. The van der Waals surface area contributed by atoms with Crippen LogP contribution in [0, 0.1) is 5.92 Å². The van der Waals surface area contributed by atoms with Crippen LogP contribution in [0.3, 0.4) is 0 Å². The molecule has 0 amide bonds. The van der Waals surface area contributed by atoms with Gasteiger partial charge in [0.2, 0.25) is 0 Å². The molecule has 0 saturated heterocycles. The molecule has 0 fully saturated rings. The van der Waals surface area contributed by atoms with Gasteiger partial charge in [-0.2, -0.15) is 0 Å². The molecule has 0 atom stereocenters. The lowest BCUT2D eigenvalue weighted by Gasteiger charge is -2.28. The van der Waals surface area contributed by atoms with E-state index >= 15 is 0 Å². The van der Waals surface area contributed by atoms with Crippen LogP contribution in [0.2, 0.25) is 5.02 Å². The first-order valence-corrected chi connectivity index (χ1v) is 9.08. The Morgan fingerprint density at radius 1 is 0.931 bits per heavy atom. The van der Waals surface area contributed by atoms with E-state index in [1.807, 2.05) is 0 Å². The number of esters is 3. The standard InChI is InChI=1S/C20H22ClNO7/c1-11-15(18(23)26-3)17(16(12(2)22-11)19(24)27-4)20(25)29-10-9-28-14-7-5-13(21)6-8-14/h5-8,17,22H,9-10H2,1-4H3. The third-order valence-corrected chi connectivity index (χ3v) is 4.47. The molecule has 0 aliphatic carbocycles. The normalized spacial score (nSPS) is 14.2. The number of methoxy groups -OCH3 is 2. The zero-order chi connectivity index (χ0) is 21.6. The Bertz CT molecular complexity index is 820. The van der Waals surface area contributed by atoms with E-state index in [-0.39, 0.29) is 24.4 Å². The predicted octanol–water partition coefficient (Wildman–Crippen LogP) is 2.38. The van der Waals surface area contributed by atoms with Crippen LogP contribution >= 0.6 is 11.6 Å². The number of carbonyl (C=O) groups excluding carboxylic acids is 3. The summed E-state index contributed by atoms with van der Waals surface area (Å²) in [7, 11) is 2.38. The van der Waals surface area contributed by atoms with E-state index < -0.39 is 23.8 Å². The van der Waals surface area contributed by atoms with Gasteiger partial charge < -0.3 is 24.3 Å². The average molecular weight is 424 g/mol. The van der Waals surface area contributed by atoms with Crippen LogP contribution in [0.15, 0.2) is 46.8 Å². The summed E-state index contributed by atoms with van der Waals surface area (Å²) in [4.78, 5) is 37.3. The highest BCUT2D eigenvalue weighted by atomic mass is 35.5. The van der Waals surface area contributed by atoms with Crippen LogP contribution in [0.1, 0.15) is 13.8 Å². The number of nitrogens with one attached hydrogen (secondary N) is 1. The van der Waals surface area contributed by atoms with E-state index in [0.717, 1.165) is 0 Å². The minimum absolute atomic E-state index is 0.0119. The van der Waals surface area contributed by atoms with Gasteiger partial charge in [-0.25, -0.2) is 9.59 Å². The Labute approximate surface area is 173 Å². The first kappa shape index (κ1) is 22.3. The van der Waals surface area contributed by atoms with Crippen molar-refractivity contribution in [3.8, 4) is 5.75 Å². The fourth-order valence-electron chi connectivity index (χ4n) is 2.91. The highest BCUT2D eigenvalue weighted by Crippen LogP contribution is 2.32. The molecule has 1 aromatic rings. The van der Waals surface area contributed by atoms with Crippen molar-refractivity contribution in [1.29, 1.82) is 0 Å². The van der Waals surface area contributed by atoms with Crippen LogP contribution in [-0.2, 0) is 28.6 Å². The highest BCUT2D eigenvalue weighted by Gasteiger charge is 2.42. The van der Waals surface area contributed by atoms with Crippen LogP contribution in [0.4, 0.5) is 0 Å². The molecule has 9 heteroatoms. The van der Waals surface area contributed by atoms with Gasteiger partial charge in [0.25, 0.3) is 0 Å². The molecule has 29 heavy (non-hydrogen) atoms. The van der Waals surface area contributed by atoms with E-state index in [1.165, 1.54) is 14.2 Å². The maximum absolute atomic E-state index is 12.8. The zero-order valence-electron chi connectivity index (χ0n) is 16.5. The molecule has 1 N–H and O–H groups in total. The quantitative estimate of drug-likeness (QED) is 0.405. The molecule has 0 saturated carbocycles. The molecule has 0 unspecified atom stereocenters. The number of allylic oxidation sites excluding steroid dienone is 2. The number of ether oxygens (including phenoxy) is 4. The molecule has 2 rings (SSSR count). The molecule has 1 aliphatic heterocycles. The summed E-state index contributed by atoms with van der Waals surface area (Å²) in [5.41, 5.74) is 0.756. The van der Waals surface area contributed by atoms with Crippen LogP contribution in [-0.4, -0.2) is 45.3 Å². The molecule has 0 aromatic heterocycles. The van der Waals surface area contributed by atoms with Crippen LogP contribution in [0.5, 0.6) is 5.75 Å². The largest absolute Gasteiger partial charge is 0.490 e. The summed E-state index contributed by atoms with van der Waals surface area (Å²) < 4.78 is 20.3. The Balaban J connectivity index is 2.15. The first-order chi connectivity index (χ1) is 13.8. The SMILES string of the molecule is COC(=O)C1=C(C)NC(C)=C(C(=O)OC)C1C(=O)OCCOc1ccc(Cl)cc1. The summed E-state index contributed by atoms with van der Waals surface area (Å²) >= 11 is 5.81. The van der Waals surface area contributed by atoms with E-state index in [2.05, 4.69) is 5.32 Å². The third-order valence-electron chi connectivity index (χ3n) is 4.22. The lowest BCUT2D eigenvalue weighted by Crippen LogP contribution is -2.38. The second kappa shape index (κ2) is 9.97. The summed E-state index contributed by atoms with van der Waals surface area (Å²) in [6, 6.07) is 6.70. The second-order valence-corrected chi connectivity index (χ2v) is 6.52. The molecule has 0 spiro atoms. The van der Waals surface area contributed by atoms with Crippen molar-refractivity contribution in [3.05, 3.63) is 51.8 Å². The first-order valence-electron chi connectivity index (χ1n) is 8.70. The van der Waals surface area contributed by atoms with Gasteiger partial charge >= 0.3 is 17.9 Å². The van der Waals surface area contributed by atoms with Gasteiger partial charge in [0.15, 0.2) is 0 Å². The Morgan fingerprint density at radius 3 is 1.93 bits per heavy atom. The van der Waals surface area contributed by atoms with Crippen molar-refractivity contribution in [3.63, 3.8) is 0 Å². The lowest BCUT2D eigenvalue weighted by atomic mass is 9.85.